The number of nitrogens with two attached hydrogens (primary N) is 2. The van der Waals surface area contributed by atoms with Crippen molar-refractivity contribution >= 4 is 23.6 Å². The number of hydrogen-bond donors (Lipinski definition) is 5. The van der Waals surface area contributed by atoms with Gasteiger partial charge in [-0.1, -0.05) is 13.8 Å². The smallest absolute Gasteiger partial charge is 0.243 e. The summed E-state index contributed by atoms with van der Waals surface area (Å²) in [4.78, 5) is 46.7. The number of primary amides is 1. The second-order valence-corrected chi connectivity index (χ2v) is 6.41. The minimum atomic E-state index is -0.818. The lowest BCUT2D eigenvalue weighted by Crippen LogP contribution is -2.54. The molecule has 0 unspecified atom stereocenters. The van der Waals surface area contributed by atoms with Crippen LogP contribution in [0.5, 0.6) is 0 Å². The lowest BCUT2D eigenvalue weighted by Gasteiger charge is -2.23. The highest BCUT2D eigenvalue weighted by atomic mass is 16.2. The molecule has 9 nitrogen and oxygen atoms in total. The van der Waals surface area contributed by atoms with Gasteiger partial charge < -0.3 is 27.4 Å². The number of hydrogen-bond acceptors (Lipinski definition) is 5. The molecule has 0 spiro atoms. The quantitative estimate of drug-likeness (QED) is 0.276. The predicted octanol–water partition coefficient (Wildman–Crippen LogP) is -1.25. The molecule has 0 bridgehead atoms. The molecule has 0 aromatic rings. The first-order valence-electron chi connectivity index (χ1n) is 8.50. The van der Waals surface area contributed by atoms with Crippen molar-refractivity contribution < 1.29 is 19.2 Å². The first-order valence-corrected chi connectivity index (χ1v) is 8.50. The van der Waals surface area contributed by atoms with Crippen molar-refractivity contribution in [3.63, 3.8) is 0 Å². The molecule has 144 valence electrons. The minimum Gasteiger partial charge on any atom is -0.368 e. The Kier molecular flexibility index (Phi) is 11.2. The summed E-state index contributed by atoms with van der Waals surface area (Å²) < 4.78 is 0. The van der Waals surface area contributed by atoms with E-state index in [1.165, 1.54) is 6.92 Å². The SMILES string of the molecule is CC(=O)NCC(=O)N[C@@H](CCCCN)C(=O)N[C@H](CC(C)C)C(N)=O. The number of nitrogens with one attached hydrogen (secondary N) is 3. The zero-order valence-corrected chi connectivity index (χ0v) is 15.3. The molecule has 9 heteroatoms. The molecule has 0 fully saturated rings. The molecule has 0 aliphatic heterocycles. The van der Waals surface area contributed by atoms with Crippen molar-refractivity contribution in [1.29, 1.82) is 0 Å². The number of unbranched alkanes of at least 4 members (excludes halogenated alkanes) is 1. The van der Waals surface area contributed by atoms with Gasteiger partial charge in [-0.3, -0.25) is 19.2 Å². The molecule has 0 aromatic heterocycles. The molecule has 2 atom stereocenters. The third-order valence-corrected chi connectivity index (χ3v) is 3.46. The molecule has 7 N–H and O–H groups in total. The highest BCUT2D eigenvalue weighted by Crippen LogP contribution is 2.06. The topological polar surface area (TPSA) is 156 Å². The molecule has 0 heterocycles. The Bertz CT molecular complexity index is 467. The van der Waals surface area contributed by atoms with Gasteiger partial charge in [-0.25, -0.2) is 0 Å². The Labute approximate surface area is 148 Å². The van der Waals surface area contributed by atoms with Gasteiger partial charge in [0.25, 0.3) is 0 Å². The van der Waals surface area contributed by atoms with Crippen molar-refractivity contribution in [3.8, 4) is 0 Å². The van der Waals surface area contributed by atoms with E-state index in [0.717, 1.165) is 0 Å². The standard InChI is InChI=1S/C16H31N5O4/c1-10(2)8-13(15(18)24)21-16(25)12(6-4-5-7-17)20-14(23)9-19-11(3)22/h10,12-13H,4-9,17H2,1-3H3,(H2,18,24)(H,19,22)(H,20,23)(H,21,25)/t12-,13+/m0/s1. The first kappa shape index (κ1) is 22.8. The maximum absolute atomic E-state index is 12.5. The van der Waals surface area contributed by atoms with E-state index < -0.39 is 29.8 Å². The van der Waals surface area contributed by atoms with E-state index in [0.29, 0.717) is 32.2 Å². The zero-order chi connectivity index (χ0) is 19.4. The van der Waals surface area contributed by atoms with Crippen LogP contribution in [-0.4, -0.2) is 48.8 Å². The summed E-state index contributed by atoms with van der Waals surface area (Å²) in [5, 5.41) is 7.53. The second kappa shape index (κ2) is 12.2. The van der Waals surface area contributed by atoms with Crippen LogP contribution in [0.4, 0.5) is 0 Å². The number of rotatable bonds is 12. The molecular weight excluding hydrogens is 326 g/mol. The van der Waals surface area contributed by atoms with E-state index in [-0.39, 0.29) is 18.4 Å². The van der Waals surface area contributed by atoms with Crippen LogP contribution in [0.3, 0.4) is 0 Å². The van der Waals surface area contributed by atoms with E-state index in [4.69, 9.17) is 11.5 Å². The molecule has 0 saturated heterocycles. The summed E-state index contributed by atoms with van der Waals surface area (Å²) >= 11 is 0. The number of carbonyl (C=O) groups excluding carboxylic acids is 4. The van der Waals surface area contributed by atoms with Crippen molar-refractivity contribution in [2.24, 2.45) is 17.4 Å². The van der Waals surface area contributed by atoms with Crippen LogP contribution >= 0.6 is 0 Å². The summed E-state index contributed by atoms with van der Waals surface area (Å²) in [6.45, 7) is 5.38. The van der Waals surface area contributed by atoms with E-state index in [1.54, 1.807) is 0 Å². The molecule has 0 saturated carbocycles. The van der Waals surface area contributed by atoms with Gasteiger partial charge in [0.05, 0.1) is 6.54 Å². The fraction of sp³-hybridized carbons (Fsp3) is 0.750. The maximum Gasteiger partial charge on any atom is 0.243 e. The average molecular weight is 357 g/mol. The van der Waals surface area contributed by atoms with Gasteiger partial charge >= 0.3 is 0 Å². The fourth-order valence-electron chi connectivity index (χ4n) is 2.20. The summed E-state index contributed by atoms with van der Waals surface area (Å²) in [6.07, 6.45) is 2.13. The van der Waals surface area contributed by atoms with E-state index in [2.05, 4.69) is 16.0 Å². The molecule has 0 aliphatic carbocycles. The van der Waals surface area contributed by atoms with Crippen LogP contribution < -0.4 is 27.4 Å². The summed E-state index contributed by atoms with van der Waals surface area (Å²) in [7, 11) is 0. The zero-order valence-electron chi connectivity index (χ0n) is 15.3. The van der Waals surface area contributed by atoms with Crippen LogP contribution in [0.1, 0.15) is 46.5 Å². The Hall–Kier alpha value is -2.16. The molecule has 0 radical (unpaired) electrons. The van der Waals surface area contributed by atoms with Gasteiger partial charge in [-0.05, 0) is 38.1 Å². The maximum atomic E-state index is 12.5. The van der Waals surface area contributed by atoms with E-state index in [9.17, 15) is 19.2 Å². The van der Waals surface area contributed by atoms with Crippen LogP contribution in [0, 0.1) is 5.92 Å². The Morgan fingerprint density at radius 3 is 2.12 bits per heavy atom. The molecular formula is C16H31N5O4. The van der Waals surface area contributed by atoms with Crippen molar-refractivity contribution in [2.75, 3.05) is 13.1 Å². The van der Waals surface area contributed by atoms with Gasteiger partial charge in [0.15, 0.2) is 0 Å². The second-order valence-electron chi connectivity index (χ2n) is 6.41. The Balaban J connectivity index is 4.85. The number of carbonyl (C=O) groups is 4. The third kappa shape index (κ3) is 11.1. The molecule has 4 amide bonds. The largest absolute Gasteiger partial charge is 0.368 e. The minimum absolute atomic E-state index is 0.169. The van der Waals surface area contributed by atoms with E-state index in [1.807, 2.05) is 13.8 Å². The number of amides is 4. The van der Waals surface area contributed by atoms with Crippen molar-refractivity contribution in [3.05, 3.63) is 0 Å². The highest BCUT2D eigenvalue weighted by Gasteiger charge is 2.25. The Morgan fingerprint density at radius 2 is 1.64 bits per heavy atom. The van der Waals surface area contributed by atoms with Crippen molar-refractivity contribution in [1.82, 2.24) is 16.0 Å². The van der Waals surface area contributed by atoms with Gasteiger partial charge in [-0.15, -0.1) is 0 Å². The summed E-state index contributed by atoms with van der Waals surface area (Å²) in [6, 6.07) is -1.61. The lowest BCUT2D eigenvalue weighted by molar-refractivity contribution is -0.132. The molecule has 0 rings (SSSR count). The van der Waals surface area contributed by atoms with Gasteiger partial charge in [-0.2, -0.15) is 0 Å². The van der Waals surface area contributed by atoms with Crippen LogP contribution in [0.15, 0.2) is 0 Å². The van der Waals surface area contributed by atoms with E-state index >= 15 is 0 Å². The van der Waals surface area contributed by atoms with Crippen LogP contribution in [0.25, 0.3) is 0 Å². The molecule has 0 aliphatic rings. The summed E-state index contributed by atoms with van der Waals surface area (Å²) in [5.41, 5.74) is 10.8. The fourth-order valence-corrected chi connectivity index (χ4v) is 2.20. The Morgan fingerprint density at radius 1 is 1.00 bits per heavy atom. The lowest BCUT2D eigenvalue weighted by atomic mass is 10.0. The monoisotopic (exact) mass is 357 g/mol. The van der Waals surface area contributed by atoms with Crippen molar-refractivity contribution in [2.45, 2.75) is 58.5 Å². The normalized spacial score (nSPS) is 13.0. The third-order valence-electron chi connectivity index (χ3n) is 3.46. The molecule has 0 aromatic carbocycles. The summed E-state index contributed by atoms with van der Waals surface area (Å²) in [5.74, 6) is -1.75. The highest BCUT2D eigenvalue weighted by molar-refractivity contribution is 5.92. The molecule has 25 heavy (non-hydrogen) atoms. The van der Waals surface area contributed by atoms with Gasteiger partial charge in [0.2, 0.25) is 23.6 Å². The first-order chi connectivity index (χ1) is 11.7. The van der Waals surface area contributed by atoms with Gasteiger partial charge in [0.1, 0.15) is 12.1 Å². The van der Waals surface area contributed by atoms with Crippen LogP contribution in [-0.2, 0) is 19.2 Å². The van der Waals surface area contributed by atoms with Gasteiger partial charge in [0, 0.05) is 6.92 Å². The average Bonchev–Trinajstić information content (AvgIpc) is 2.50. The predicted molar refractivity (Wildman–Crippen MR) is 94.1 cm³/mol. The van der Waals surface area contributed by atoms with Crippen LogP contribution in [0.2, 0.25) is 0 Å².